The molecule has 0 aromatic carbocycles. The van der Waals surface area contributed by atoms with Crippen molar-refractivity contribution in [2.75, 3.05) is 13.1 Å². The Kier molecular flexibility index (Phi) is 5.56. The molecule has 24 heavy (non-hydrogen) atoms. The Morgan fingerprint density at radius 2 is 2.04 bits per heavy atom. The average Bonchev–Trinajstić information content (AvgIpc) is 2.86. The number of aryl methyl sites for hydroxylation is 2. The number of aromatic nitrogens is 2. The molecule has 0 spiro atoms. The third-order valence-electron chi connectivity index (χ3n) is 4.30. The lowest BCUT2D eigenvalue weighted by Gasteiger charge is -2.27. The van der Waals surface area contributed by atoms with Crippen LogP contribution in [0.4, 0.5) is 18.0 Å². The van der Waals surface area contributed by atoms with Crippen LogP contribution in [0.3, 0.4) is 0 Å². The van der Waals surface area contributed by atoms with Crippen LogP contribution in [-0.4, -0.2) is 40.0 Å². The number of carbonyl (C=O) groups excluding carboxylic acids is 1. The van der Waals surface area contributed by atoms with E-state index >= 15 is 0 Å². The molecule has 8 heteroatoms. The molecule has 134 valence electrons. The Hall–Kier alpha value is -1.99. The molecule has 0 saturated carbocycles. The highest BCUT2D eigenvalue weighted by Crippen LogP contribution is 2.30. The number of carbonyl (C=O) groups is 1. The summed E-state index contributed by atoms with van der Waals surface area (Å²) in [6.07, 6.45) is -1.81. The van der Waals surface area contributed by atoms with Crippen molar-refractivity contribution in [3.63, 3.8) is 0 Å². The first kappa shape index (κ1) is 18.4. The lowest BCUT2D eigenvalue weighted by Crippen LogP contribution is -2.43. The highest BCUT2D eigenvalue weighted by molar-refractivity contribution is 5.74. The van der Waals surface area contributed by atoms with E-state index in [0.29, 0.717) is 6.54 Å². The van der Waals surface area contributed by atoms with Crippen molar-refractivity contribution in [2.24, 2.45) is 7.05 Å². The summed E-state index contributed by atoms with van der Waals surface area (Å²) < 4.78 is 39.7. The van der Waals surface area contributed by atoms with Crippen LogP contribution >= 0.6 is 0 Å². The van der Waals surface area contributed by atoms with Crippen LogP contribution < -0.4 is 5.32 Å². The van der Waals surface area contributed by atoms with Crippen molar-refractivity contribution in [3.8, 4) is 0 Å². The SMILES string of the molecule is CCc1nn(C)c(CC)c1CNC(=O)N1CC=C(C(F)(F)F)CC1. The summed E-state index contributed by atoms with van der Waals surface area (Å²) in [7, 11) is 1.87. The molecule has 1 aromatic rings. The molecular formula is C16H23F3N4O. The van der Waals surface area contributed by atoms with E-state index in [0.717, 1.165) is 35.9 Å². The first-order valence-electron chi connectivity index (χ1n) is 8.10. The van der Waals surface area contributed by atoms with E-state index in [1.165, 1.54) is 4.90 Å². The largest absolute Gasteiger partial charge is 0.412 e. The molecule has 0 fully saturated rings. The van der Waals surface area contributed by atoms with Crippen molar-refractivity contribution in [2.45, 2.75) is 45.8 Å². The van der Waals surface area contributed by atoms with Gasteiger partial charge in [0, 0.05) is 43.5 Å². The molecule has 0 unspecified atom stereocenters. The molecule has 1 aromatic heterocycles. The second-order valence-corrected chi connectivity index (χ2v) is 5.78. The van der Waals surface area contributed by atoms with Crippen LogP contribution in [0, 0.1) is 0 Å². The third kappa shape index (κ3) is 3.91. The standard InChI is InChI=1S/C16H23F3N4O/c1-4-13-12(14(5-2)22(3)21-13)10-20-15(24)23-8-6-11(7-9-23)16(17,18)19/h6H,4-5,7-10H2,1-3H3,(H,20,24). The fraction of sp³-hybridized carbons (Fsp3) is 0.625. The van der Waals surface area contributed by atoms with Gasteiger partial charge in [0.15, 0.2) is 0 Å². The Morgan fingerprint density at radius 1 is 1.33 bits per heavy atom. The van der Waals surface area contributed by atoms with Gasteiger partial charge in [-0.25, -0.2) is 4.79 Å². The number of nitrogens with one attached hydrogen (secondary N) is 1. The molecule has 1 aliphatic heterocycles. The average molecular weight is 344 g/mol. The van der Waals surface area contributed by atoms with Crippen LogP contribution in [0.5, 0.6) is 0 Å². The fourth-order valence-electron chi connectivity index (χ4n) is 2.98. The summed E-state index contributed by atoms with van der Waals surface area (Å²) >= 11 is 0. The van der Waals surface area contributed by atoms with Gasteiger partial charge in [-0.05, 0) is 19.3 Å². The number of hydrogen-bond acceptors (Lipinski definition) is 2. The predicted octanol–water partition coefficient (Wildman–Crippen LogP) is 2.95. The van der Waals surface area contributed by atoms with E-state index in [1.54, 1.807) is 0 Å². The van der Waals surface area contributed by atoms with E-state index in [2.05, 4.69) is 10.4 Å². The van der Waals surface area contributed by atoms with E-state index in [-0.39, 0.29) is 25.5 Å². The Bertz CT molecular complexity index is 634. The molecule has 2 amide bonds. The summed E-state index contributed by atoms with van der Waals surface area (Å²) in [5.41, 5.74) is 2.44. The number of halogens is 3. The molecule has 0 saturated heterocycles. The molecule has 0 bridgehead atoms. The second-order valence-electron chi connectivity index (χ2n) is 5.78. The van der Waals surface area contributed by atoms with Crippen molar-refractivity contribution in [1.29, 1.82) is 0 Å². The Morgan fingerprint density at radius 3 is 2.54 bits per heavy atom. The summed E-state index contributed by atoms with van der Waals surface area (Å²) in [5, 5.41) is 7.25. The van der Waals surface area contributed by atoms with Gasteiger partial charge in [-0.2, -0.15) is 18.3 Å². The molecule has 2 heterocycles. The van der Waals surface area contributed by atoms with Crippen molar-refractivity contribution in [1.82, 2.24) is 20.0 Å². The zero-order valence-electron chi connectivity index (χ0n) is 14.2. The van der Waals surface area contributed by atoms with Crippen molar-refractivity contribution in [3.05, 3.63) is 28.6 Å². The normalized spacial score (nSPS) is 15.4. The fourth-order valence-corrected chi connectivity index (χ4v) is 2.98. The molecule has 0 atom stereocenters. The second kappa shape index (κ2) is 7.27. The maximum absolute atomic E-state index is 12.6. The van der Waals surface area contributed by atoms with Crippen molar-refractivity contribution >= 4 is 6.03 Å². The van der Waals surface area contributed by atoms with Gasteiger partial charge < -0.3 is 10.2 Å². The third-order valence-corrected chi connectivity index (χ3v) is 4.30. The summed E-state index contributed by atoms with van der Waals surface area (Å²) in [4.78, 5) is 13.6. The van der Waals surface area contributed by atoms with Crippen molar-refractivity contribution < 1.29 is 18.0 Å². The maximum Gasteiger partial charge on any atom is 0.412 e. The van der Waals surface area contributed by atoms with E-state index < -0.39 is 11.7 Å². The van der Waals surface area contributed by atoms with Crippen LogP contribution in [0.2, 0.25) is 0 Å². The molecule has 1 N–H and O–H groups in total. The number of amides is 2. The van der Waals surface area contributed by atoms with Crippen LogP contribution in [0.15, 0.2) is 11.6 Å². The lowest BCUT2D eigenvalue weighted by molar-refractivity contribution is -0.0956. The minimum Gasteiger partial charge on any atom is -0.334 e. The molecule has 2 rings (SSSR count). The minimum absolute atomic E-state index is 0.0189. The molecule has 5 nitrogen and oxygen atoms in total. The Balaban J connectivity index is 1.99. The van der Waals surface area contributed by atoms with Gasteiger partial charge in [0.1, 0.15) is 0 Å². The number of hydrogen-bond donors (Lipinski definition) is 1. The minimum atomic E-state index is -4.30. The highest BCUT2D eigenvalue weighted by Gasteiger charge is 2.35. The van der Waals surface area contributed by atoms with E-state index in [4.69, 9.17) is 0 Å². The Labute approximate surface area is 139 Å². The number of rotatable bonds is 4. The van der Waals surface area contributed by atoms with Gasteiger partial charge in [0.05, 0.1) is 5.69 Å². The number of alkyl halides is 3. The van der Waals surface area contributed by atoms with E-state index in [9.17, 15) is 18.0 Å². The summed E-state index contributed by atoms with van der Waals surface area (Å²) in [6, 6.07) is -0.347. The number of nitrogens with zero attached hydrogens (tertiary/aromatic N) is 3. The zero-order valence-corrected chi connectivity index (χ0v) is 14.2. The first-order chi connectivity index (χ1) is 11.3. The van der Waals surface area contributed by atoms with Gasteiger partial charge >= 0.3 is 12.2 Å². The number of urea groups is 1. The smallest absolute Gasteiger partial charge is 0.334 e. The summed E-state index contributed by atoms with van der Waals surface area (Å²) in [5.74, 6) is 0. The lowest BCUT2D eigenvalue weighted by atomic mass is 10.1. The topological polar surface area (TPSA) is 50.2 Å². The van der Waals surface area contributed by atoms with Gasteiger partial charge in [-0.1, -0.05) is 19.9 Å². The van der Waals surface area contributed by atoms with E-state index in [1.807, 2.05) is 25.6 Å². The highest BCUT2D eigenvalue weighted by atomic mass is 19.4. The predicted molar refractivity (Wildman–Crippen MR) is 84.5 cm³/mol. The van der Waals surface area contributed by atoms with Gasteiger partial charge in [-0.15, -0.1) is 0 Å². The van der Waals surface area contributed by atoms with Gasteiger partial charge in [0.2, 0.25) is 0 Å². The molecule has 0 aliphatic carbocycles. The molecule has 0 radical (unpaired) electrons. The van der Waals surface area contributed by atoms with Gasteiger partial charge in [-0.3, -0.25) is 4.68 Å². The monoisotopic (exact) mass is 344 g/mol. The zero-order chi connectivity index (χ0) is 17.9. The molecular weight excluding hydrogens is 321 g/mol. The summed E-state index contributed by atoms with van der Waals surface area (Å²) in [6.45, 7) is 4.42. The van der Waals surface area contributed by atoms with Crippen LogP contribution in [-0.2, 0) is 26.4 Å². The maximum atomic E-state index is 12.6. The molecule has 1 aliphatic rings. The quantitative estimate of drug-likeness (QED) is 0.854. The van der Waals surface area contributed by atoms with Gasteiger partial charge in [0.25, 0.3) is 0 Å². The first-order valence-corrected chi connectivity index (χ1v) is 8.10. The van der Waals surface area contributed by atoms with Crippen LogP contribution in [0.1, 0.15) is 37.2 Å². The van der Waals surface area contributed by atoms with Crippen LogP contribution in [0.25, 0.3) is 0 Å².